The van der Waals surface area contributed by atoms with Crippen molar-refractivity contribution >= 4 is 23.2 Å². The van der Waals surface area contributed by atoms with E-state index in [1.165, 1.54) is 11.1 Å². The number of nitrogens with one attached hydrogen (secondary N) is 1. The maximum absolute atomic E-state index is 12.8. The molecular formula is C23H29N3O2. The zero-order valence-electron chi connectivity index (χ0n) is 17.0. The number of piperazine rings is 1. The molecule has 2 aromatic rings. The van der Waals surface area contributed by atoms with Crippen molar-refractivity contribution in [3.8, 4) is 0 Å². The van der Waals surface area contributed by atoms with E-state index in [2.05, 4.69) is 42.3 Å². The summed E-state index contributed by atoms with van der Waals surface area (Å²) in [6.45, 7) is 8.63. The Bertz CT molecular complexity index is 832. The summed E-state index contributed by atoms with van der Waals surface area (Å²) in [6, 6.07) is 13.9. The lowest BCUT2D eigenvalue weighted by Crippen LogP contribution is -2.50. The van der Waals surface area contributed by atoms with Crippen molar-refractivity contribution in [1.82, 2.24) is 4.90 Å². The highest BCUT2D eigenvalue weighted by atomic mass is 16.2. The average Bonchev–Trinajstić information content (AvgIpc) is 2.74. The van der Waals surface area contributed by atoms with E-state index in [0.29, 0.717) is 13.1 Å². The molecule has 2 aromatic carbocycles. The summed E-state index contributed by atoms with van der Waals surface area (Å²) in [5.41, 5.74) is 5.08. The minimum Gasteiger partial charge on any atom is -0.368 e. The van der Waals surface area contributed by atoms with Gasteiger partial charge in [-0.05, 0) is 43.0 Å². The number of para-hydroxylation sites is 1. The topological polar surface area (TPSA) is 52.7 Å². The molecule has 148 valence electrons. The van der Waals surface area contributed by atoms with Gasteiger partial charge in [0.2, 0.25) is 0 Å². The highest BCUT2D eigenvalue weighted by Crippen LogP contribution is 2.24. The third kappa shape index (κ3) is 4.35. The summed E-state index contributed by atoms with van der Waals surface area (Å²) >= 11 is 0. The Morgan fingerprint density at radius 2 is 1.54 bits per heavy atom. The van der Waals surface area contributed by atoms with Crippen LogP contribution in [0.3, 0.4) is 0 Å². The number of Topliss-reactive ketones (excluding diaryl/α,β-unsaturated/α-hetero) is 1. The van der Waals surface area contributed by atoms with Gasteiger partial charge in [0.05, 0.1) is 0 Å². The number of amides is 2. The summed E-state index contributed by atoms with van der Waals surface area (Å²) in [4.78, 5) is 28.6. The number of aryl methyl sites for hydroxylation is 2. The van der Waals surface area contributed by atoms with Gasteiger partial charge in [-0.25, -0.2) is 4.79 Å². The van der Waals surface area contributed by atoms with Crippen LogP contribution in [0.2, 0.25) is 0 Å². The second kappa shape index (κ2) is 8.91. The molecule has 1 fully saturated rings. The number of anilines is 2. The molecule has 5 heteroatoms. The normalized spacial score (nSPS) is 14.1. The van der Waals surface area contributed by atoms with Crippen LogP contribution in [0.5, 0.6) is 0 Å². The van der Waals surface area contributed by atoms with Gasteiger partial charge < -0.3 is 15.1 Å². The molecule has 0 bridgehead atoms. The first kappa shape index (κ1) is 19.9. The van der Waals surface area contributed by atoms with E-state index in [9.17, 15) is 9.59 Å². The summed E-state index contributed by atoms with van der Waals surface area (Å²) in [7, 11) is 0. The Balaban J connectivity index is 1.65. The Morgan fingerprint density at radius 1 is 0.929 bits per heavy atom. The van der Waals surface area contributed by atoms with Gasteiger partial charge in [-0.3, -0.25) is 4.79 Å². The molecule has 0 spiro atoms. The number of hydrogen-bond acceptors (Lipinski definition) is 3. The Morgan fingerprint density at radius 3 is 2.11 bits per heavy atom. The summed E-state index contributed by atoms with van der Waals surface area (Å²) in [5, 5.41) is 3.15. The van der Waals surface area contributed by atoms with Crippen molar-refractivity contribution < 1.29 is 9.59 Å². The fraction of sp³-hybridized carbons (Fsp3) is 0.391. The number of benzene rings is 2. The highest BCUT2D eigenvalue weighted by Gasteiger charge is 2.22. The molecule has 1 aliphatic rings. The minimum absolute atomic E-state index is 0.0345. The van der Waals surface area contributed by atoms with Gasteiger partial charge in [0.1, 0.15) is 0 Å². The lowest BCUT2D eigenvalue weighted by Gasteiger charge is -2.36. The second-order valence-corrected chi connectivity index (χ2v) is 7.17. The Hall–Kier alpha value is -2.82. The van der Waals surface area contributed by atoms with Gasteiger partial charge in [0.15, 0.2) is 5.78 Å². The third-order valence-electron chi connectivity index (χ3n) is 5.42. The number of carbonyl (C=O) groups is 2. The number of nitrogens with zero attached hydrogens (tertiary/aromatic N) is 2. The minimum atomic E-state index is -0.0345. The molecular weight excluding hydrogens is 350 g/mol. The molecule has 1 N–H and O–H groups in total. The highest BCUT2D eigenvalue weighted by molar-refractivity contribution is 5.95. The quantitative estimate of drug-likeness (QED) is 0.785. The summed E-state index contributed by atoms with van der Waals surface area (Å²) in [6.07, 6.45) is 1.79. The fourth-order valence-corrected chi connectivity index (χ4v) is 3.68. The average molecular weight is 380 g/mol. The molecule has 1 aliphatic heterocycles. The van der Waals surface area contributed by atoms with E-state index in [-0.39, 0.29) is 11.8 Å². The predicted octanol–water partition coefficient (Wildman–Crippen LogP) is 4.37. The molecule has 0 unspecified atom stereocenters. The molecule has 0 radical (unpaired) electrons. The van der Waals surface area contributed by atoms with E-state index in [0.717, 1.165) is 42.9 Å². The number of ketones is 1. The van der Waals surface area contributed by atoms with E-state index in [1.807, 2.05) is 29.2 Å². The SMILES string of the molecule is CCc1cccc(CC)c1NC(=O)N1CCN(c2cccc(C(C)=O)c2)CC1. The van der Waals surface area contributed by atoms with Crippen LogP contribution >= 0.6 is 0 Å². The maximum atomic E-state index is 12.8. The van der Waals surface area contributed by atoms with Crippen molar-refractivity contribution in [2.45, 2.75) is 33.6 Å². The van der Waals surface area contributed by atoms with Gasteiger partial charge in [0, 0.05) is 43.1 Å². The van der Waals surface area contributed by atoms with Crippen LogP contribution in [0, 0.1) is 0 Å². The Kier molecular flexibility index (Phi) is 6.34. The van der Waals surface area contributed by atoms with E-state index >= 15 is 0 Å². The molecule has 0 saturated carbocycles. The van der Waals surface area contributed by atoms with Crippen molar-refractivity contribution in [3.05, 3.63) is 59.2 Å². The molecule has 1 heterocycles. The molecule has 0 aliphatic carbocycles. The number of carbonyl (C=O) groups excluding carboxylic acids is 2. The lowest BCUT2D eigenvalue weighted by atomic mass is 10.0. The van der Waals surface area contributed by atoms with Crippen LogP contribution in [0.4, 0.5) is 16.2 Å². The smallest absolute Gasteiger partial charge is 0.321 e. The van der Waals surface area contributed by atoms with E-state index < -0.39 is 0 Å². The standard InChI is InChI=1S/C23H29N3O2/c1-4-18-8-6-9-19(5-2)22(18)24-23(28)26-14-12-25(13-15-26)21-11-7-10-20(16-21)17(3)27/h6-11,16H,4-5,12-15H2,1-3H3,(H,24,28). The predicted molar refractivity (Wildman–Crippen MR) is 114 cm³/mol. The van der Waals surface area contributed by atoms with Crippen LogP contribution in [0.25, 0.3) is 0 Å². The van der Waals surface area contributed by atoms with Gasteiger partial charge in [-0.2, -0.15) is 0 Å². The van der Waals surface area contributed by atoms with Crippen LogP contribution in [0.1, 0.15) is 42.3 Å². The zero-order valence-corrected chi connectivity index (χ0v) is 17.0. The largest absolute Gasteiger partial charge is 0.368 e. The third-order valence-corrected chi connectivity index (χ3v) is 5.42. The first-order valence-electron chi connectivity index (χ1n) is 10.1. The monoisotopic (exact) mass is 379 g/mol. The van der Waals surface area contributed by atoms with E-state index in [1.54, 1.807) is 6.92 Å². The molecule has 28 heavy (non-hydrogen) atoms. The van der Waals surface area contributed by atoms with Crippen molar-refractivity contribution in [3.63, 3.8) is 0 Å². The van der Waals surface area contributed by atoms with Crippen LogP contribution in [0.15, 0.2) is 42.5 Å². The van der Waals surface area contributed by atoms with Crippen molar-refractivity contribution in [2.75, 3.05) is 36.4 Å². The summed E-state index contributed by atoms with van der Waals surface area (Å²) in [5.74, 6) is 0.0705. The van der Waals surface area contributed by atoms with Crippen molar-refractivity contribution in [1.29, 1.82) is 0 Å². The molecule has 2 amide bonds. The number of urea groups is 1. The van der Waals surface area contributed by atoms with Crippen LogP contribution in [-0.2, 0) is 12.8 Å². The molecule has 0 atom stereocenters. The van der Waals surface area contributed by atoms with Gasteiger partial charge in [0.25, 0.3) is 0 Å². The van der Waals surface area contributed by atoms with Gasteiger partial charge in [-0.1, -0.05) is 44.2 Å². The Labute approximate surface area is 167 Å². The first-order valence-corrected chi connectivity index (χ1v) is 10.1. The molecule has 1 saturated heterocycles. The van der Waals surface area contributed by atoms with E-state index in [4.69, 9.17) is 0 Å². The van der Waals surface area contributed by atoms with Crippen LogP contribution < -0.4 is 10.2 Å². The number of hydrogen-bond donors (Lipinski definition) is 1. The second-order valence-electron chi connectivity index (χ2n) is 7.17. The van der Waals surface area contributed by atoms with Crippen LogP contribution in [-0.4, -0.2) is 42.9 Å². The molecule has 3 rings (SSSR count). The first-order chi connectivity index (χ1) is 13.5. The molecule has 5 nitrogen and oxygen atoms in total. The zero-order chi connectivity index (χ0) is 20.1. The van der Waals surface area contributed by atoms with Gasteiger partial charge in [-0.15, -0.1) is 0 Å². The molecule has 0 aromatic heterocycles. The fourth-order valence-electron chi connectivity index (χ4n) is 3.68. The summed E-state index contributed by atoms with van der Waals surface area (Å²) < 4.78 is 0. The van der Waals surface area contributed by atoms with Crippen molar-refractivity contribution in [2.24, 2.45) is 0 Å². The number of rotatable bonds is 5. The van der Waals surface area contributed by atoms with Gasteiger partial charge >= 0.3 is 6.03 Å². The maximum Gasteiger partial charge on any atom is 0.321 e. The lowest BCUT2D eigenvalue weighted by molar-refractivity contribution is 0.101.